The highest BCUT2D eigenvalue weighted by Gasteiger charge is 2.47. The molecule has 1 saturated heterocycles. The first kappa shape index (κ1) is 53.7. The van der Waals surface area contributed by atoms with E-state index in [1.165, 1.54) is 6.08 Å². The number of hydrogen-bond donors (Lipinski definition) is 10. The van der Waals surface area contributed by atoms with E-state index < -0.39 is 109 Å². The number of hydrogen-bond acceptors (Lipinski definition) is 17. The number of allylic oxidation sites excluding steroid dienone is 4. The van der Waals surface area contributed by atoms with Crippen molar-refractivity contribution >= 4 is 16.4 Å². The standard InChI is InChI=1S/C42H70O17S/c1-26(19-27(2)23-35(49)36(50)25-37-40(52)41(53)42(59-60(54,55)56)38(58-37)24-30(45)17-18-43)20-31(46)21-28(3)22-32-13-8-6-4-5-7-11-29(44)12-9-10-14-33(47)34(48)15-16-39(51)57-32/h4,6,9,12,15-16,20,28-38,40-50,52-53H,2,5,7-8,10-11,13-14,17-19,21-25H2,1,3H3,(H,54,55,56)/p-1/b6-4+,12-9+,16-15+,26-20+/t28?,29?,30?,31?,32?,33?,34?,35?,36?,37-,38+,40-,41-,42+/m1/s1. The molecule has 0 aromatic heterocycles. The molecule has 0 aliphatic carbocycles. The average molecular weight is 878 g/mol. The van der Waals surface area contributed by atoms with Gasteiger partial charge in [-0.15, -0.1) is 0 Å². The Morgan fingerprint density at radius 1 is 0.933 bits per heavy atom. The second kappa shape index (κ2) is 27.6. The van der Waals surface area contributed by atoms with E-state index in [4.69, 9.17) is 14.6 Å². The summed E-state index contributed by atoms with van der Waals surface area (Å²) < 4.78 is 49.7. The van der Waals surface area contributed by atoms with E-state index >= 15 is 0 Å². The lowest BCUT2D eigenvalue weighted by molar-refractivity contribution is -0.228. The summed E-state index contributed by atoms with van der Waals surface area (Å²) in [7, 11) is -5.37. The number of aliphatic hydroxyl groups excluding tert-OH is 10. The van der Waals surface area contributed by atoms with Crippen molar-refractivity contribution in [3.05, 3.63) is 60.3 Å². The van der Waals surface area contributed by atoms with Crippen LogP contribution in [0.5, 0.6) is 0 Å². The molecule has 60 heavy (non-hydrogen) atoms. The predicted octanol–water partition coefficient (Wildman–Crippen LogP) is 1.03. The molecule has 0 bridgehead atoms. The molecule has 0 spiro atoms. The first-order chi connectivity index (χ1) is 28.2. The summed E-state index contributed by atoms with van der Waals surface area (Å²) in [4.78, 5) is 12.7. The van der Waals surface area contributed by atoms with Crippen molar-refractivity contribution in [1.82, 2.24) is 0 Å². The Kier molecular flexibility index (Phi) is 24.7. The fourth-order valence-electron chi connectivity index (χ4n) is 7.38. The molecule has 1 fully saturated rings. The number of rotatable bonds is 18. The van der Waals surface area contributed by atoms with Gasteiger partial charge in [0.25, 0.3) is 0 Å². The quantitative estimate of drug-likeness (QED) is 0.0398. The van der Waals surface area contributed by atoms with Gasteiger partial charge in [-0.05, 0) is 96.0 Å². The second-order valence-electron chi connectivity index (χ2n) is 16.3. The maximum absolute atomic E-state index is 12.7. The minimum atomic E-state index is -5.37. The van der Waals surface area contributed by atoms with Gasteiger partial charge in [-0.2, -0.15) is 0 Å². The Balaban J connectivity index is 1.97. The lowest BCUT2D eigenvalue weighted by Crippen LogP contribution is -2.60. The van der Waals surface area contributed by atoms with Crippen LogP contribution in [0.25, 0.3) is 0 Å². The van der Waals surface area contributed by atoms with E-state index in [9.17, 15) is 63.7 Å². The summed E-state index contributed by atoms with van der Waals surface area (Å²) in [6, 6.07) is 0. The average Bonchev–Trinajstić information content (AvgIpc) is 3.14. The van der Waals surface area contributed by atoms with E-state index in [-0.39, 0.29) is 38.0 Å². The zero-order valence-electron chi connectivity index (χ0n) is 34.7. The van der Waals surface area contributed by atoms with E-state index in [0.717, 1.165) is 24.5 Å². The van der Waals surface area contributed by atoms with Gasteiger partial charge in [0, 0.05) is 25.5 Å². The van der Waals surface area contributed by atoms with Crippen LogP contribution in [0, 0.1) is 5.92 Å². The van der Waals surface area contributed by atoms with Crippen molar-refractivity contribution in [3.63, 3.8) is 0 Å². The van der Waals surface area contributed by atoms with E-state index in [2.05, 4.69) is 10.8 Å². The monoisotopic (exact) mass is 877 g/mol. The molecule has 0 amide bonds. The Morgan fingerprint density at radius 2 is 1.62 bits per heavy atom. The zero-order valence-corrected chi connectivity index (χ0v) is 35.5. The fourth-order valence-corrected chi connectivity index (χ4v) is 7.89. The molecule has 2 aliphatic rings. The summed E-state index contributed by atoms with van der Waals surface area (Å²) in [6.45, 7) is 7.22. The van der Waals surface area contributed by atoms with Crippen LogP contribution in [-0.2, 0) is 28.9 Å². The highest BCUT2D eigenvalue weighted by Crippen LogP contribution is 2.31. The highest BCUT2D eigenvalue weighted by atomic mass is 32.3. The van der Waals surface area contributed by atoms with Crippen molar-refractivity contribution in [2.45, 2.75) is 183 Å². The number of esters is 1. The molecule has 18 heteroatoms. The zero-order chi connectivity index (χ0) is 45.0. The van der Waals surface area contributed by atoms with E-state index in [1.807, 2.05) is 19.1 Å². The van der Waals surface area contributed by atoms with E-state index in [0.29, 0.717) is 44.1 Å². The second-order valence-corrected chi connectivity index (χ2v) is 17.3. The van der Waals surface area contributed by atoms with Crippen LogP contribution in [0.2, 0.25) is 0 Å². The SMILES string of the molecule is C=C(C/C(C)=C/C(O)CC(C)CC1CC/C=C/CCCC(O)/C=C/CCC(O)C(O)/C=C/C(=O)O1)CC(O)C(O)C[C@H]1O[C@@H](CC(O)CCO)[C@H](OS(=O)(=O)[O-])[C@H](O)[C@@H]1O. The first-order valence-electron chi connectivity index (χ1n) is 20.8. The third-order valence-electron chi connectivity index (χ3n) is 10.5. The Hall–Kier alpha value is -2.40. The topological polar surface area (TPSA) is 304 Å². The van der Waals surface area contributed by atoms with Crippen LogP contribution in [-0.4, -0.2) is 156 Å². The van der Waals surface area contributed by atoms with Crippen molar-refractivity contribution in [2.24, 2.45) is 5.92 Å². The Labute approximate surface area is 354 Å². The minimum Gasteiger partial charge on any atom is -0.726 e. The third kappa shape index (κ3) is 21.6. The Bertz CT molecular complexity index is 1500. The summed E-state index contributed by atoms with van der Waals surface area (Å²) in [6.07, 6.45) is -1.81. The molecule has 346 valence electrons. The van der Waals surface area contributed by atoms with Gasteiger partial charge in [0.2, 0.25) is 10.4 Å². The molecule has 0 saturated carbocycles. The van der Waals surface area contributed by atoms with Crippen LogP contribution < -0.4 is 0 Å². The third-order valence-corrected chi connectivity index (χ3v) is 11.0. The number of ether oxygens (including phenoxy) is 2. The summed E-state index contributed by atoms with van der Waals surface area (Å²) in [5.41, 5.74) is 1.21. The molecule has 14 atom stereocenters. The molecular weight excluding hydrogens is 809 g/mol. The lowest BCUT2D eigenvalue weighted by Gasteiger charge is -2.44. The van der Waals surface area contributed by atoms with Gasteiger partial charge in [-0.25, -0.2) is 13.2 Å². The van der Waals surface area contributed by atoms with Crippen LogP contribution in [0.3, 0.4) is 0 Å². The summed E-state index contributed by atoms with van der Waals surface area (Å²) >= 11 is 0. The number of cyclic esters (lactones) is 1. The smallest absolute Gasteiger partial charge is 0.330 e. The lowest BCUT2D eigenvalue weighted by atomic mass is 9.88. The van der Waals surface area contributed by atoms with Crippen molar-refractivity contribution in [1.29, 1.82) is 0 Å². The number of carbonyl (C=O) groups is 1. The molecule has 10 N–H and O–H groups in total. The van der Waals surface area contributed by atoms with Crippen LogP contribution >= 0.6 is 0 Å². The first-order valence-corrected chi connectivity index (χ1v) is 22.1. The van der Waals surface area contributed by atoms with Gasteiger partial charge >= 0.3 is 5.97 Å². The maximum atomic E-state index is 12.7. The van der Waals surface area contributed by atoms with Crippen molar-refractivity contribution in [2.75, 3.05) is 6.61 Å². The van der Waals surface area contributed by atoms with Gasteiger partial charge in [0.05, 0.1) is 54.9 Å². The predicted molar refractivity (Wildman–Crippen MR) is 218 cm³/mol. The van der Waals surface area contributed by atoms with Gasteiger partial charge in [0.1, 0.15) is 24.4 Å². The van der Waals surface area contributed by atoms with E-state index in [1.54, 1.807) is 25.2 Å². The molecule has 0 aromatic carbocycles. The van der Waals surface area contributed by atoms with Gasteiger partial charge in [-0.3, -0.25) is 4.18 Å². The summed E-state index contributed by atoms with van der Waals surface area (Å²) in [5, 5.41) is 104. The molecule has 9 unspecified atom stereocenters. The molecule has 2 heterocycles. The number of carbonyl (C=O) groups excluding carboxylic acids is 1. The van der Waals surface area contributed by atoms with Crippen molar-refractivity contribution < 1.29 is 82.5 Å². The van der Waals surface area contributed by atoms with Crippen LogP contribution in [0.15, 0.2) is 60.3 Å². The summed E-state index contributed by atoms with van der Waals surface area (Å²) in [5.74, 6) is -0.765. The van der Waals surface area contributed by atoms with Gasteiger partial charge in [-0.1, -0.05) is 55.0 Å². The maximum Gasteiger partial charge on any atom is 0.330 e. The normalized spacial score (nSPS) is 32.5. The molecule has 2 rings (SSSR count). The molecule has 17 nitrogen and oxygen atoms in total. The largest absolute Gasteiger partial charge is 0.726 e. The molecule has 2 aliphatic heterocycles. The van der Waals surface area contributed by atoms with Gasteiger partial charge in [0.15, 0.2) is 0 Å². The van der Waals surface area contributed by atoms with Crippen LogP contribution in [0.4, 0.5) is 0 Å². The highest BCUT2D eigenvalue weighted by molar-refractivity contribution is 7.80. The molecule has 0 aromatic rings. The minimum absolute atomic E-state index is 0.0991. The Morgan fingerprint density at radius 3 is 2.30 bits per heavy atom. The van der Waals surface area contributed by atoms with Gasteiger partial charge < -0.3 is 65.1 Å². The molecular formula is C42H69O17S-. The van der Waals surface area contributed by atoms with Crippen LogP contribution in [0.1, 0.15) is 104 Å². The number of aliphatic hydroxyl groups is 10. The van der Waals surface area contributed by atoms with Crippen molar-refractivity contribution in [3.8, 4) is 0 Å². The molecule has 0 radical (unpaired) electrons. The fraction of sp³-hybridized carbons (Fsp3) is 0.738.